The van der Waals surface area contributed by atoms with Crippen LogP contribution in [0.1, 0.15) is 0 Å². The first kappa shape index (κ1) is 10.3. The van der Waals surface area contributed by atoms with Crippen LogP contribution in [0.5, 0.6) is 0 Å². The Labute approximate surface area is 64.2 Å². The first-order valence-electron chi connectivity index (χ1n) is 1.25. The average molecular weight is 242 g/mol. The number of rotatable bonds is 1. The number of halogens is 3. The summed E-state index contributed by atoms with van der Waals surface area (Å²) in [6.07, 6.45) is 0. The number of hydrogen-bond acceptors (Lipinski definition) is 1. The van der Waals surface area contributed by atoms with Gasteiger partial charge in [0, 0.05) is 6.54 Å². The minimum Gasteiger partial charge on any atom is -0.328 e. The fourth-order valence-electron chi connectivity index (χ4n) is 0. The van der Waals surface area contributed by atoms with E-state index in [9.17, 15) is 0 Å². The largest absolute Gasteiger partial charge is 0.328 e. The van der Waals surface area contributed by atoms with E-state index < -0.39 is 4.84 Å². The van der Waals surface area contributed by atoms with Gasteiger partial charge in [-0.05, 0) is 0 Å². The molecule has 0 rings (SSSR count). The lowest BCUT2D eigenvalue weighted by Crippen LogP contribution is -2.06. The molecule has 0 aromatic carbocycles. The lowest BCUT2D eigenvalue weighted by molar-refractivity contribution is 1.09. The van der Waals surface area contributed by atoms with Crippen LogP contribution in [0.2, 0.25) is 0 Å². The van der Waals surface area contributed by atoms with Gasteiger partial charge in [0.25, 0.3) is 0 Å². The second-order valence-electron chi connectivity index (χ2n) is 0.627. The fourth-order valence-corrected chi connectivity index (χ4v) is 0. The van der Waals surface area contributed by atoms with Crippen molar-refractivity contribution in [1.29, 1.82) is 0 Å². The standard InChI is InChI=1S/C2H5Cl2N.HI/c3-2(4)1-5;/h2H,1,5H2;1H. The molecule has 0 fully saturated rings. The normalized spacial score (nSPS) is 8.00. The molecule has 0 saturated heterocycles. The predicted molar refractivity (Wildman–Crippen MR) is 40.0 cm³/mol. The smallest absolute Gasteiger partial charge is 0.120 e. The topological polar surface area (TPSA) is 26.0 Å². The highest BCUT2D eigenvalue weighted by Crippen LogP contribution is 1.94. The van der Waals surface area contributed by atoms with Crippen LogP contribution in [-0.2, 0) is 0 Å². The first-order chi connectivity index (χ1) is 2.27. The van der Waals surface area contributed by atoms with Gasteiger partial charge >= 0.3 is 0 Å². The Balaban J connectivity index is 0. The van der Waals surface area contributed by atoms with Crippen LogP contribution < -0.4 is 5.73 Å². The van der Waals surface area contributed by atoms with E-state index >= 15 is 0 Å². The van der Waals surface area contributed by atoms with E-state index in [2.05, 4.69) is 0 Å². The van der Waals surface area contributed by atoms with Gasteiger partial charge in [0.2, 0.25) is 0 Å². The summed E-state index contributed by atoms with van der Waals surface area (Å²) in [5.41, 5.74) is 4.91. The zero-order valence-electron chi connectivity index (χ0n) is 3.03. The predicted octanol–water partition coefficient (Wildman–Crippen LogP) is 1.37. The number of alkyl halides is 2. The number of nitrogens with two attached hydrogens (primary N) is 1. The van der Waals surface area contributed by atoms with Gasteiger partial charge in [-0.15, -0.1) is 47.2 Å². The Morgan fingerprint density at radius 3 is 1.67 bits per heavy atom. The van der Waals surface area contributed by atoms with E-state index in [0.717, 1.165) is 0 Å². The van der Waals surface area contributed by atoms with E-state index in [4.69, 9.17) is 28.9 Å². The van der Waals surface area contributed by atoms with Gasteiger partial charge in [-0.25, -0.2) is 0 Å². The molecule has 0 unspecified atom stereocenters. The van der Waals surface area contributed by atoms with Crippen molar-refractivity contribution < 1.29 is 0 Å². The van der Waals surface area contributed by atoms with Gasteiger partial charge in [-0.1, -0.05) is 0 Å². The van der Waals surface area contributed by atoms with Crippen molar-refractivity contribution in [2.24, 2.45) is 5.73 Å². The van der Waals surface area contributed by atoms with Gasteiger partial charge in [0.05, 0.1) is 0 Å². The molecule has 0 spiro atoms. The van der Waals surface area contributed by atoms with Gasteiger partial charge in [-0.2, -0.15) is 0 Å². The highest BCUT2D eigenvalue weighted by atomic mass is 127. The highest BCUT2D eigenvalue weighted by molar-refractivity contribution is 14.0. The van der Waals surface area contributed by atoms with Crippen molar-refractivity contribution in [3.8, 4) is 0 Å². The van der Waals surface area contributed by atoms with E-state index in [1.807, 2.05) is 0 Å². The molecule has 0 aromatic rings. The third-order valence-electron chi connectivity index (χ3n) is 0.178. The van der Waals surface area contributed by atoms with E-state index in [1.54, 1.807) is 0 Å². The minimum absolute atomic E-state index is 0. The van der Waals surface area contributed by atoms with E-state index in [-0.39, 0.29) is 24.0 Å². The van der Waals surface area contributed by atoms with Gasteiger partial charge in [0.1, 0.15) is 4.84 Å². The first-order valence-corrected chi connectivity index (χ1v) is 2.13. The molecule has 0 heterocycles. The Kier molecular flexibility index (Phi) is 10.8. The molecule has 0 saturated carbocycles. The summed E-state index contributed by atoms with van der Waals surface area (Å²) in [4.78, 5) is -0.394. The van der Waals surface area contributed by atoms with Crippen LogP contribution in [0.25, 0.3) is 0 Å². The van der Waals surface area contributed by atoms with E-state index in [0.29, 0.717) is 6.54 Å². The molecule has 0 aromatic heterocycles. The van der Waals surface area contributed by atoms with Crippen LogP contribution in [0.15, 0.2) is 0 Å². The molecule has 0 atom stereocenters. The molecule has 2 N–H and O–H groups in total. The minimum atomic E-state index is -0.394. The summed E-state index contributed by atoms with van der Waals surface area (Å²) in [6, 6.07) is 0. The maximum Gasteiger partial charge on any atom is 0.120 e. The third-order valence-corrected chi connectivity index (χ3v) is 0.535. The SMILES string of the molecule is I.NCC(Cl)Cl. The van der Waals surface area contributed by atoms with Crippen molar-refractivity contribution in [1.82, 2.24) is 0 Å². The molecule has 0 bridgehead atoms. The molecule has 0 aliphatic carbocycles. The summed E-state index contributed by atoms with van der Waals surface area (Å²) in [6.45, 7) is 0.336. The Morgan fingerprint density at radius 1 is 1.50 bits per heavy atom. The monoisotopic (exact) mass is 241 g/mol. The molecule has 0 aliphatic rings. The van der Waals surface area contributed by atoms with Gasteiger partial charge in [-0.3, -0.25) is 0 Å². The highest BCUT2D eigenvalue weighted by Gasteiger charge is 1.86. The second kappa shape index (κ2) is 6.27. The maximum atomic E-state index is 5.10. The number of hydrogen-bond donors (Lipinski definition) is 1. The molecule has 4 heteroatoms. The third kappa shape index (κ3) is 8.99. The molecule has 1 nitrogen and oxygen atoms in total. The van der Waals surface area contributed by atoms with Crippen molar-refractivity contribution in [3.63, 3.8) is 0 Å². The van der Waals surface area contributed by atoms with Crippen LogP contribution >= 0.6 is 47.2 Å². The summed E-state index contributed by atoms with van der Waals surface area (Å²) in [7, 11) is 0. The van der Waals surface area contributed by atoms with Gasteiger partial charge in [0.15, 0.2) is 0 Å². The van der Waals surface area contributed by atoms with Crippen molar-refractivity contribution >= 4 is 47.2 Å². The van der Waals surface area contributed by atoms with Crippen molar-refractivity contribution in [2.75, 3.05) is 6.54 Å². The maximum absolute atomic E-state index is 5.10. The summed E-state index contributed by atoms with van der Waals surface area (Å²) >= 11 is 10.2. The van der Waals surface area contributed by atoms with Crippen LogP contribution in [0.3, 0.4) is 0 Å². The zero-order chi connectivity index (χ0) is 4.28. The summed E-state index contributed by atoms with van der Waals surface area (Å²) in [5, 5.41) is 0. The summed E-state index contributed by atoms with van der Waals surface area (Å²) < 4.78 is 0. The Bertz CT molecular complexity index is 25.5. The van der Waals surface area contributed by atoms with Gasteiger partial charge < -0.3 is 5.73 Å². The zero-order valence-corrected chi connectivity index (χ0v) is 6.87. The molecule has 0 amide bonds. The van der Waals surface area contributed by atoms with Crippen LogP contribution in [0.4, 0.5) is 0 Å². The molecule has 6 heavy (non-hydrogen) atoms. The van der Waals surface area contributed by atoms with E-state index in [1.165, 1.54) is 0 Å². The Morgan fingerprint density at radius 2 is 1.67 bits per heavy atom. The Hall–Kier alpha value is 1.27. The second-order valence-corrected chi connectivity index (χ2v) is 1.90. The van der Waals surface area contributed by atoms with Crippen molar-refractivity contribution in [3.05, 3.63) is 0 Å². The van der Waals surface area contributed by atoms with Crippen LogP contribution in [-0.4, -0.2) is 11.4 Å². The fraction of sp³-hybridized carbons (Fsp3) is 1.00. The average Bonchev–Trinajstić information content (AvgIpc) is 1.38. The lowest BCUT2D eigenvalue weighted by Gasteiger charge is -1.85. The summed E-state index contributed by atoms with van der Waals surface area (Å²) in [5.74, 6) is 0. The quantitative estimate of drug-likeness (QED) is 0.545. The van der Waals surface area contributed by atoms with Crippen molar-refractivity contribution in [2.45, 2.75) is 4.84 Å². The lowest BCUT2D eigenvalue weighted by atomic mass is 10.8. The molecule has 0 radical (unpaired) electrons. The molecule has 0 aliphatic heterocycles. The molecule has 40 valence electrons. The molecular weight excluding hydrogens is 236 g/mol. The molecular formula is C2H6Cl2IN. The van der Waals surface area contributed by atoms with Crippen LogP contribution in [0, 0.1) is 0 Å².